The smallest absolute Gasteiger partial charge is 0.266 e. The fourth-order valence-electron chi connectivity index (χ4n) is 3.32. The van der Waals surface area contributed by atoms with E-state index in [1.807, 2.05) is 0 Å². The molecule has 154 valence electrons. The summed E-state index contributed by atoms with van der Waals surface area (Å²) in [6.07, 6.45) is 2.34. The molecule has 29 heavy (non-hydrogen) atoms. The third-order valence-electron chi connectivity index (χ3n) is 4.87. The van der Waals surface area contributed by atoms with Gasteiger partial charge in [-0.15, -0.1) is 6.58 Å². The van der Waals surface area contributed by atoms with Gasteiger partial charge in [0.2, 0.25) is 0 Å². The molecule has 2 aromatic rings. The minimum absolute atomic E-state index is 0.00696. The van der Waals surface area contributed by atoms with Crippen LogP contribution in [0.5, 0.6) is 0 Å². The summed E-state index contributed by atoms with van der Waals surface area (Å²) in [5.41, 5.74) is 0.534. The molecular weight excluding hydrogens is 415 g/mol. The van der Waals surface area contributed by atoms with Crippen LogP contribution >= 0.6 is 11.6 Å². The Kier molecular flexibility index (Phi) is 6.29. The van der Waals surface area contributed by atoms with Gasteiger partial charge in [-0.05, 0) is 54.8 Å². The Hall–Kier alpha value is -2.38. The Balaban J connectivity index is 2.01. The second kappa shape index (κ2) is 8.55. The van der Waals surface area contributed by atoms with Crippen LogP contribution in [0.25, 0.3) is 0 Å². The van der Waals surface area contributed by atoms with E-state index >= 15 is 0 Å². The Labute approximate surface area is 175 Å². The van der Waals surface area contributed by atoms with E-state index in [1.54, 1.807) is 4.90 Å². The first kappa shape index (κ1) is 21.3. The normalized spacial score (nSPS) is 16.7. The highest BCUT2D eigenvalue weighted by atomic mass is 35.5. The van der Waals surface area contributed by atoms with Crippen LogP contribution < -0.4 is 4.31 Å². The first-order valence-electron chi connectivity index (χ1n) is 9.22. The van der Waals surface area contributed by atoms with Gasteiger partial charge in [-0.1, -0.05) is 24.6 Å². The topological polar surface area (TPSA) is 57.7 Å². The first-order chi connectivity index (χ1) is 13.7. The van der Waals surface area contributed by atoms with E-state index in [0.29, 0.717) is 19.0 Å². The number of carbonyl (C=O) groups excluding carboxylic acids is 1. The summed E-state index contributed by atoms with van der Waals surface area (Å²) in [7, 11) is -4.11. The molecule has 1 heterocycles. The van der Waals surface area contributed by atoms with Gasteiger partial charge in [-0.25, -0.2) is 12.8 Å². The van der Waals surface area contributed by atoms with E-state index in [9.17, 15) is 17.6 Å². The third-order valence-corrected chi connectivity index (χ3v) is 7.14. The molecule has 8 heteroatoms. The van der Waals surface area contributed by atoms with Crippen molar-refractivity contribution >= 4 is 33.2 Å². The fraction of sp³-hybridized carbons (Fsp3) is 0.286. The van der Waals surface area contributed by atoms with Gasteiger partial charge in [0.1, 0.15) is 10.7 Å². The quantitative estimate of drug-likeness (QED) is 0.633. The lowest BCUT2D eigenvalue weighted by atomic mass is 10.2. The molecule has 5 nitrogen and oxygen atoms in total. The second-order valence-corrected chi connectivity index (χ2v) is 9.33. The number of hydrogen-bond donors (Lipinski definition) is 0. The number of halogens is 2. The van der Waals surface area contributed by atoms with Gasteiger partial charge in [-0.2, -0.15) is 0 Å². The largest absolute Gasteiger partial charge is 0.338 e. The minimum Gasteiger partial charge on any atom is -0.338 e. The first-order valence-corrected chi connectivity index (χ1v) is 11.0. The fourth-order valence-corrected chi connectivity index (χ4v) is 5.26. The summed E-state index contributed by atoms with van der Waals surface area (Å²) >= 11 is 6.21. The van der Waals surface area contributed by atoms with Gasteiger partial charge in [0.15, 0.2) is 0 Å². The van der Waals surface area contributed by atoms with Crippen molar-refractivity contribution in [1.29, 1.82) is 0 Å². The Morgan fingerprint density at radius 2 is 2.00 bits per heavy atom. The Morgan fingerprint density at radius 3 is 2.59 bits per heavy atom. The molecule has 1 aliphatic heterocycles. The highest BCUT2D eigenvalue weighted by Crippen LogP contribution is 2.30. The molecule has 1 atom stereocenters. The molecule has 0 N–H and O–H groups in total. The van der Waals surface area contributed by atoms with Crippen molar-refractivity contribution in [2.24, 2.45) is 5.92 Å². The highest BCUT2D eigenvalue weighted by Gasteiger charge is 2.29. The molecule has 1 amide bonds. The summed E-state index contributed by atoms with van der Waals surface area (Å²) in [6.45, 7) is 6.92. The average molecular weight is 437 g/mol. The lowest BCUT2D eigenvalue weighted by Gasteiger charge is -2.24. The molecule has 0 aliphatic carbocycles. The number of sulfonamides is 1. The van der Waals surface area contributed by atoms with Crippen molar-refractivity contribution in [3.8, 4) is 0 Å². The molecule has 1 fully saturated rings. The monoisotopic (exact) mass is 436 g/mol. The maximum absolute atomic E-state index is 13.4. The molecular formula is C21H22ClFN2O3S. The number of hydrogen-bond acceptors (Lipinski definition) is 3. The third kappa shape index (κ3) is 4.46. The van der Waals surface area contributed by atoms with Crippen LogP contribution in [0, 0.1) is 11.7 Å². The van der Waals surface area contributed by atoms with Crippen LogP contribution in [0.15, 0.2) is 60.0 Å². The van der Waals surface area contributed by atoms with E-state index in [1.165, 1.54) is 48.5 Å². The molecule has 1 saturated heterocycles. The minimum atomic E-state index is -4.11. The van der Waals surface area contributed by atoms with Crippen LogP contribution in [-0.2, 0) is 10.0 Å². The molecule has 0 bridgehead atoms. The molecule has 3 rings (SSSR count). The van der Waals surface area contributed by atoms with Gasteiger partial charge in [0.05, 0.1) is 17.3 Å². The number of likely N-dealkylation sites (tertiary alicyclic amines) is 1. The lowest BCUT2D eigenvalue weighted by Crippen LogP contribution is -2.32. The van der Waals surface area contributed by atoms with Crippen LogP contribution in [0.4, 0.5) is 10.1 Å². The zero-order valence-electron chi connectivity index (χ0n) is 16.0. The summed E-state index contributed by atoms with van der Waals surface area (Å²) in [6, 6.07) is 9.34. The molecule has 0 spiro atoms. The summed E-state index contributed by atoms with van der Waals surface area (Å²) in [4.78, 5) is 14.3. The number of nitrogens with zero attached hydrogens (tertiary/aromatic N) is 2. The van der Waals surface area contributed by atoms with Gasteiger partial charge >= 0.3 is 0 Å². The average Bonchev–Trinajstić information content (AvgIpc) is 3.13. The van der Waals surface area contributed by atoms with Crippen LogP contribution in [-0.4, -0.2) is 38.9 Å². The molecule has 1 unspecified atom stereocenters. The Morgan fingerprint density at radius 1 is 1.31 bits per heavy atom. The Bertz CT molecular complexity index is 1020. The summed E-state index contributed by atoms with van der Waals surface area (Å²) in [5.74, 6) is -0.286. The van der Waals surface area contributed by atoms with E-state index in [-0.39, 0.29) is 33.6 Å². The maximum Gasteiger partial charge on any atom is 0.266 e. The van der Waals surface area contributed by atoms with E-state index < -0.39 is 15.8 Å². The molecule has 2 aromatic carbocycles. The van der Waals surface area contributed by atoms with Gasteiger partial charge in [0, 0.05) is 18.7 Å². The number of carbonyl (C=O) groups is 1. The van der Waals surface area contributed by atoms with E-state index in [2.05, 4.69) is 13.5 Å². The highest BCUT2D eigenvalue weighted by molar-refractivity contribution is 7.93. The van der Waals surface area contributed by atoms with Gasteiger partial charge < -0.3 is 4.90 Å². The van der Waals surface area contributed by atoms with Crippen LogP contribution in [0.3, 0.4) is 0 Å². The molecule has 0 radical (unpaired) electrons. The predicted molar refractivity (Wildman–Crippen MR) is 112 cm³/mol. The molecule has 0 aromatic heterocycles. The molecule has 0 saturated carbocycles. The predicted octanol–water partition coefficient (Wildman–Crippen LogP) is 4.34. The van der Waals surface area contributed by atoms with Crippen molar-refractivity contribution in [2.75, 3.05) is 23.9 Å². The summed E-state index contributed by atoms with van der Waals surface area (Å²) in [5, 5.41) is 0.00696. The van der Waals surface area contributed by atoms with Crippen LogP contribution in [0.2, 0.25) is 5.02 Å². The van der Waals surface area contributed by atoms with Crippen molar-refractivity contribution in [3.63, 3.8) is 0 Å². The van der Waals surface area contributed by atoms with Crippen molar-refractivity contribution in [2.45, 2.75) is 18.2 Å². The number of rotatable bonds is 6. The van der Waals surface area contributed by atoms with Gasteiger partial charge in [-0.3, -0.25) is 9.10 Å². The standard InChI is InChI=1S/C21H22ClFN2O3S/c1-3-11-25(18-7-5-17(23)6-8-18)29(27,28)20-13-16(4-9-19(20)22)21(26)24-12-10-15(2)14-24/h3-9,13,15H,1,10-12,14H2,2H3. The van der Waals surface area contributed by atoms with Crippen molar-refractivity contribution < 1.29 is 17.6 Å². The van der Waals surface area contributed by atoms with Crippen LogP contribution in [0.1, 0.15) is 23.7 Å². The SMILES string of the molecule is C=CCN(c1ccc(F)cc1)S(=O)(=O)c1cc(C(=O)N2CCC(C)C2)ccc1Cl. The number of anilines is 1. The number of amides is 1. The zero-order valence-corrected chi connectivity index (χ0v) is 17.6. The van der Waals surface area contributed by atoms with Gasteiger partial charge in [0.25, 0.3) is 15.9 Å². The lowest BCUT2D eigenvalue weighted by molar-refractivity contribution is 0.0788. The maximum atomic E-state index is 13.4. The molecule has 1 aliphatic rings. The van der Waals surface area contributed by atoms with Crippen molar-refractivity contribution in [3.05, 3.63) is 71.5 Å². The number of benzene rings is 2. The van der Waals surface area contributed by atoms with Crippen molar-refractivity contribution in [1.82, 2.24) is 4.90 Å². The summed E-state index contributed by atoms with van der Waals surface area (Å²) < 4.78 is 41.1. The van der Waals surface area contributed by atoms with E-state index in [4.69, 9.17) is 11.6 Å². The van der Waals surface area contributed by atoms with E-state index in [0.717, 1.165) is 10.7 Å². The second-order valence-electron chi connectivity index (χ2n) is 7.09. The zero-order chi connectivity index (χ0) is 21.2.